The zero-order chi connectivity index (χ0) is 15.6. The number of esters is 1. The molecule has 0 saturated heterocycles. The standard InChI is InChI=1S/C16H19NO3S/c1-10(14(18)17-16(2,3)4)20-15(19)13-9-11-7-5-6-8-12(11)21-13/h5-10H,1-4H3,(H,17,18)/t10-/m0/s1. The Hall–Kier alpha value is -1.88. The van der Waals surface area contributed by atoms with Crippen molar-refractivity contribution >= 4 is 33.3 Å². The topological polar surface area (TPSA) is 55.4 Å². The second-order valence-electron chi connectivity index (χ2n) is 5.94. The van der Waals surface area contributed by atoms with Gasteiger partial charge in [0, 0.05) is 10.2 Å². The third-order valence-electron chi connectivity index (χ3n) is 2.78. The molecule has 4 nitrogen and oxygen atoms in total. The monoisotopic (exact) mass is 305 g/mol. The first-order valence-electron chi connectivity index (χ1n) is 6.78. The van der Waals surface area contributed by atoms with Crippen LogP contribution >= 0.6 is 11.3 Å². The first-order valence-corrected chi connectivity index (χ1v) is 7.59. The van der Waals surface area contributed by atoms with Crippen LogP contribution in [0.5, 0.6) is 0 Å². The second kappa shape index (κ2) is 5.85. The Labute approximate surface area is 128 Å². The summed E-state index contributed by atoms with van der Waals surface area (Å²) in [6, 6.07) is 9.53. The molecule has 0 aliphatic carbocycles. The Balaban J connectivity index is 2.05. The van der Waals surface area contributed by atoms with Gasteiger partial charge in [-0.15, -0.1) is 11.3 Å². The maximum Gasteiger partial charge on any atom is 0.349 e. The van der Waals surface area contributed by atoms with E-state index in [1.807, 2.05) is 45.0 Å². The summed E-state index contributed by atoms with van der Waals surface area (Å²) in [6.07, 6.45) is -0.818. The summed E-state index contributed by atoms with van der Waals surface area (Å²) in [5.41, 5.74) is -0.352. The number of amides is 1. The molecule has 1 amide bonds. The molecule has 21 heavy (non-hydrogen) atoms. The van der Waals surface area contributed by atoms with Gasteiger partial charge in [-0.1, -0.05) is 18.2 Å². The van der Waals surface area contributed by atoms with E-state index in [2.05, 4.69) is 5.32 Å². The van der Waals surface area contributed by atoms with Crippen molar-refractivity contribution in [2.75, 3.05) is 0 Å². The lowest BCUT2D eigenvalue weighted by Crippen LogP contribution is -2.46. The number of hydrogen-bond donors (Lipinski definition) is 1. The van der Waals surface area contributed by atoms with Crippen LogP contribution < -0.4 is 5.32 Å². The SMILES string of the molecule is C[C@H](OC(=O)c1cc2ccccc2s1)C(=O)NC(C)(C)C. The van der Waals surface area contributed by atoms with E-state index in [9.17, 15) is 9.59 Å². The summed E-state index contributed by atoms with van der Waals surface area (Å²) in [6.45, 7) is 7.22. The maximum atomic E-state index is 12.1. The molecule has 5 heteroatoms. The average molecular weight is 305 g/mol. The number of carbonyl (C=O) groups is 2. The number of rotatable bonds is 3. The van der Waals surface area contributed by atoms with E-state index in [1.54, 1.807) is 13.0 Å². The molecule has 1 aromatic heterocycles. The van der Waals surface area contributed by atoms with Crippen LogP contribution in [0.2, 0.25) is 0 Å². The molecule has 2 aromatic rings. The largest absolute Gasteiger partial charge is 0.448 e. The molecule has 0 unspecified atom stereocenters. The fourth-order valence-corrected chi connectivity index (χ4v) is 2.77. The van der Waals surface area contributed by atoms with Crippen molar-refractivity contribution in [3.05, 3.63) is 35.2 Å². The van der Waals surface area contributed by atoms with Gasteiger partial charge in [0.25, 0.3) is 5.91 Å². The number of nitrogens with one attached hydrogen (secondary N) is 1. The smallest absolute Gasteiger partial charge is 0.349 e. The lowest BCUT2D eigenvalue weighted by Gasteiger charge is -2.23. The number of thiophene rings is 1. The number of carbonyl (C=O) groups excluding carboxylic acids is 2. The summed E-state index contributed by atoms with van der Waals surface area (Å²) in [5, 5.41) is 3.79. The zero-order valence-electron chi connectivity index (χ0n) is 12.6. The van der Waals surface area contributed by atoms with Crippen molar-refractivity contribution in [3.8, 4) is 0 Å². The molecule has 2 rings (SSSR count). The van der Waals surface area contributed by atoms with Crippen LogP contribution in [-0.2, 0) is 9.53 Å². The first-order chi connectivity index (χ1) is 9.76. The van der Waals surface area contributed by atoms with Crippen molar-refractivity contribution in [1.29, 1.82) is 0 Å². The predicted octanol–water partition coefficient (Wildman–Crippen LogP) is 3.36. The fourth-order valence-electron chi connectivity index (χ4n) is 1.83. The minimum atomic E-state index is -0.818. The van der Waals surface area contributed by atoms with Gasteiger partial charge in [-0.3, -0.25) is 4.79 Å². The normalized spacial score (nSPS) is 13.0. The van der Waals surface area contributed by atoms with Crippen LogP contribution in [-0.4, -0.2) is 23.5 Å². The van der Waals surface area contributed by atoms with Crippen LogP contribution in [0.4, 0.5) is 0 Å². The molecule has 1 atom stereocenters. The Morgan fingerprint density at radius 3 is 2.52 bits per heavy atom. The van der Waals surface area contributed by atoms with Crippen LogP contribution in [0.25, 0.3) is 10.1 Å². The van der Waals surface area contributed by atoms with E-state index < -0.39 is 12.1 Å². The lowest BCUT2D eigenvalue weighted by molar-refractivity contribution is -0.130. The highest BCUT2D eigenvalue weighted by atomic mass is 32.1. The number of benzene rings is 1. The Morgan fingerprint density at radius 1 is 1.24 bits per heavy atom. The van der Waals surface area contributed by atoms with Gasteiger partial charge in [-0.2, -0.15) is 0 Å². The van der Waals surface area contributed by atoms with E-state index in [-0.39, 0.29) is 11.4 Å². The Morgan fingerprint density at radius 2 is 1.90 bits per heavy atom. The van der Waals surface area contributed by atoms with E-state index in [4.69, 9.17) is 4.74 Å². The molecule has 0 bridgehead atoms. The van der Waals surface area contributed by atoms with Gasteiger partial charge >= 0.3 is 5.97 Å². The quantitative estimate of drug-likeness (QED) is 0.885. The highest BCUT2D eigenvalue weighted by Crippen LogP contribution is 2.26. The van der Waals surface area contributed by atoms with E-state index in [0.29, 0.717) is 4.88 Å². The maximum absolute atomic E-state index is 12.1. The minimum Gasteiger partial charge on any atom is -0.448 e. The molecule has 0 aliphatic heterocycles. The minimum absolute atomic E-state index is 0.294. The summed E-state index contributed by atoms with van der Waals surface area (Å²) in [4.78, 5) is 24.5. The van der Waals surface area contributed by atoms with Crippen molar-refractivity contribution in [2.24, 2.45) is 0 Å². The molecule has 1 aromatic carbocycles. The molecular weight excluding hydrogens is 286 g/mol. The molecule has 0 radical (unpaired) electrons. The van der Waals surface area contributed by atoms with Crippen LogP contribution in [0, 0.1) is 0 Å². The summed E-state index contributed by atoms with van der Waals surface area (Å²) in [7, 11) is 0. The molecule has 0 aliphatic rings. The number of hydrogen-bond acceptors (Lipinski definition) is 4. The first kappa shape index (κ1) is 15.5. The van der Waals surface area contributed by atoms with Gasteiger partial charge in [-0.05, 0) is 45.2 Å². The third kappa shape index (κ3) is 4.04. The molecular formula is C16H19NO3S. The molecule has 112 valence electrons. The second-order valence-corrected chi connectivity index (χ2v) is 7.02. The highest BCUT2D eigenvalue weighted by Gasteiger charge is 2.23. The van der Waals surface area contributed by atoms with Crippen molar-refractivity contribution < 1.29 is 14.3 Å². The van der Waals surface area contributed by atoms with Crippen molar-refractivity contribution in [1.82, 2.24) is 5.32 Å². The molecule has 0 spiro atoms. The molecule has 0 saturated carbocycles. The van der Waals surface area contributed by atoms with E-state index in [0.717, 1.165) is 10.1 Å². The third-order valence-corrected chi connectivity index (χ3v) is 3.87. The van der Waals surface area contributed by atoms with Gasteiger partial charge in [0.1, 0.15) is 4.88 Å². The van der Waals surface area contributed by atoms with E-state index >= 15 is 0 Å². The van der Waals surface area contributed by atoms with Gasteiger partial charge in [0.15, 0.2) is 6.10 Å². The van der Waals surface area contributed by atoms with Crippen molar-refractivity contribution in [2.45, 2.75) is 39.3 Å². The number of fused-ring (bicyclic) bond motifs is 1. The molecule has 1 N–H and O–H groups in total. The number of ether oxygens (including phenoxy) is 1. The van der Waals surface area contributed by atoms with Crippen LogP contribution in [0.15, 0.2) is 30.3 Å². The summed E-state index contributed by atoms with van der Waals surface area (Å²) in [5.74, 6) is -0.760. The predicted molar refractivity (Wildman–Crippen MR) is 84.6 cm³/mol. The van der Waals surface area contributed by atoms with Gasteiger partial charge in [-0.25, -0.2) is 4.79 Å². The van der Waals surface area contributed by atoms with Crippen LogP contribution in [0.1, 0.15) is 37.4 Å². The van der Waals surface area contributed by atoms with E-state index in [1.165, 1.54) is 11.3 Å². The highest BCUT2D eigenvalue weighted by molar-refractivity contribution is 7.20. The molecule has 0 fully saturated rings. The summed E-state index contributed by atoms with van der Waals surface area (Å²) >= 11 is 1.37. The van der Waals surface area contributed by atoms with Gasteiger partial charge in [0.2, 0.25) is 0 Å². The fraction of sp³-hybridized carbons (Fsp3) is 0.375. The van der Waals surface area contributed by atoms with Gasteiger partial charge < -0.3 is 10.1 Å². The molecule has 1 heterocycles. The van der Waals surface area contributed by atoms with Crippen LogP contribution in [0.3, 0.4) is 0 Å². The lowest BCUT2D eigenvalue weighted by atomic mass is 10.1. The summed E-state index contributed by atoms with van der Waals surface area (Å²) < 4.78 is 6.26. The zero-order valence-corrected chi connectivity index (χ0v) is 13.4. The van der Waals surface area contributed by atoms with Gasteiger partial charge in [0.05, 0.1) is 0 Å². The average Bonchev–Trinajstić information content (AvgIpc) is 2.80. The Kier molecular flexibility index (Phi) is 4.32. The Bertz CT molecular complexity index is 636. The van der Waals surface area contributed by atoms with Crippen molar-refractivity contribution in [3.63, 3.8) is 0 Å².